The maximum absolute atomic E-state index is 9.70. The van der Waals surface area contributed by atoms with Crippen LogP contribution in [0.5, 0.6) is 0 Å². The zero-order valence-electron chi connectivity index (χ0n) is 15.3. The molecule has 0 amide bonds. The lowest BCUT2D eigenvalue weighted by atomic mass is 10.1. The van der Waals surface area contributed by atoms with E-state index in [1.54, 1.807) is 23.3 Å². The molecular weight excluding hydrogens is 336 g/mol. The molecule has 3 N–H and O–H groups in total. The van der Waals surface area contributed by atoms with Gasteiger partial charge in [0.15, 0.2) is 0 Å². The summed E-state index contributed by atoms with van der Waals surface area (Å²) in [5.41, 5.74) is 5.96. The summed E-state index contributed by atoms with van der Waals surface area (Å²) in [6.07, 6.45) is 6.90. The lowest BCUT2D eigenvalue weighted by Gasteiger charge is -2.33. The van der Waals surface area contributed by atoms with E-state index in [0.29, 0.717) is 0 Å². The average molecular weight is 362 g/mol. The standard InChI is InChI=1S/C16H26N8O2/c1-16(2,3)19-24(25)21-26-14-6-9-22(10-7-14)15-5-4-13(12-17-15)23-11-8-18-20-23/h4-5,8,11-12,14,19,21,25H,6-7,9-10H2,1-3H3. The molecule has 0 aliphatic carbocycles. The van der Waals surface area contributed by atoms with Crippen molar-refractivity contribution >= 4 is 5.82 Å². The Morgan fingerprint density at radius 3 is 2.62 bits per heavy atom. The number of hydrazine groups is 2. The number of hydrogen-bond donors (Lipinski definition) is 3. The number of piperidine rings is 1. The number of nitrogens with zero attached hydrogens (tertiary/aromatic N) is 6. The van der Waals surface area contributed by atoms with E-state index in [2.05, 4.69) is 31.2 Å². The van der Waals surface area contributed by atoms with Crippen LogP contribution in [0.2, 0.25) is 0 Å². The van der Waals surface area contributed by atoms with Crippen LogP contribution in [-0.4, -0.2) is 55.2 Å². The quantitative estimate of drug-likeness (QED) is 0.651. The molecule has 0 bridgehead atoms. The molecule has 10 nitrogen and oxygen atoms in total. The van der Waals surface area contributed by atoms with E-state index in [-0.39, 0.29) is 11.6 Å². The smallest absolute Gasteiger partial charge is 0.128 e. The van der Waals surface area contributed by atoms with Gasteiger partial charge in [0.05, 0.1) is 30.4 Å². The first-order chi connectivity index (χ1) is 12.4. The average Bonchev–Trinajstić information content (AvgIpc) is 3.14. The second-order valence-electron chi connectivity index (χ2n) is 7.29. The van der Waals surface area contributed by atoms with Crippen LogP contribution >= 0.6 is 0 Å². The first-order valence-corrected chi connectivity index (χ1v) is 8.66. The number of aromatic nitrogens is 4. The van der Waals surface area contributed by atoms with Gasteiger partial charge in [-0.1, -0.05) is 10.8 Å². The Morgan fingerprint density at radius 2 is 2.04 bits per heavy atom. The summed E-state index contributed by atoms with van der Waals surface area (Å²) in [5, 5.41) is 18.2. The number of pyridine rings is 1. The molecule has 1 aliphatic heterocycles. The molecule has 2 aromatic heterocycles. The van der Waals surface area contributed by atoms with Crippen molar-refractivity contribution in [3.05, 3.63) is 30.7 Å². The van der Waals surface area contributed by atoms with Crippen LogP contribution in [0.15, 0.2) is 30.7 Å². The zero-order chi connectivity index (χ0) is 18.6. The molecule has 0 radical (unpaired) electrons. The highest BCUT2D eigenvalue weighted by molar-refractivity contribution is 5.43. The summed E-state index contributed by atoms with van der Waals surface area (Å²) in [4.78, 5) is 12.3. The molecule has 26 heavy (non-hydrogen) atoms. The topological polar surface area (TPSA) is 104 Å². The van der Waals surface area contributed by atoms with Gasteiger partial charge in [-0.15, -0.1) is 5.10 Å². The molecular formula is C16H26N8O2. The minimum atomic E-state index is -0.265. The first kappa shape index (κ1) is 18.7. The molecule has 3 rings (SSSR count). The molecule has 142 valence electrons. The third-order valence-corrected chi connectivity index (χ3v) is 3.93. The number of hydrogen-bond acceptors (Lipinski definition) is 9. The summed E-state index contributed by atoms with van der Waals surface area (Å²) in [6, 6.07) is 3.96. The van der Waals surface area contributed by atoms with Gasteiger partial charge in [0.1, 0.15) is 5.82 Å². The third kappa shape index (κ3) is 5.19. The summed E-state index contributed by atoms with van der Waals surface area (Å²) in [7, 11) is 0. The van der Waals surface area contributed by atoms with Crippen LogP contribution in [0.25, 0.3) is 5.69 Å². The zero-order valence-corrected chi connectivity index (χ0v) is 15.3. The Balaban J connectivity index is 1.45. The highest BCUT2D eigenvalue weighted by atomic mass is 16.8. The van der Waals surface area contributed by atoms with E-state index in [1.807, 2.05) is 32.9 Å². The van der Waals surface area contributed by atoms with Gasteiger partial charge in [0.2, 0.25) is 0 Å². The van der Waals surface area contributed by atoms with Crippen LogP contribution in [0.1, 0.15) is 33.6 Å². The van der Waals surface area contributed by atoms with Gasteiger partial charge >= 0.3 is 0 Å². The Morgan fingerprint density at radius 1 is 1.27 bits per heavy atom. The second-order valence-corrected chi connectivity index (χ2v) is 7.29. The summed E-state index contributed by atoms with van der Waals surface area (Å²) in [6.45, 7) is 7.49. The van der Waals surface area contributed by atoms with Gasteiger partial charge in [-0.3, -0.25) is 10.0 Å². The van der Waals surface area contributed by atoms with E-state index in [4.69, 9.17) is 4.84 Å². The van der Waals surface area contributed by atoms with Crippen molar-refractivity contribution in [1.29, 1.82) is 0 Å². The Kier molecular flexibility index (Phi) is 5.79. The Labute approximate surface area is 152 Å². The third-order valence-electron chi connectivity index (χ3n) is 3.93. The minimum Gasteiger partial charge on any atom is -0.356 e. The molecule has 2 aromatic rings. The molecule has 0 aromatic carbocycles. The van der Waals surface area contributed by atoms with E-state index in [9.17, 15) is 5.21 Å². The largest absolute Gasteiger partial charge is 0.356 e. The molecule has 0 unspecified atom stereocenters. The van der Waals surface area contributed by atoms with Crippen molar-refractivity contribution < 1.29 is 10.0 Å². The van der Waals surface area contributed by atoms with E-state index < -0.39 is 0 Å². The fraction of sp³-hybridized carbons (Fsp3) is 0.562. The van der Waals surface area contributed by atoms with Crippen LogP contribution < -0.4 is 15.9 Å². The summed E-state index contributed by atoms with van der Waals surface area (Å²) in [5.74, 6) is 0.929. The molecule has 1 fully saturated rings. The second kappa shape index (κ2) is 8.06. The maximum atomic E-state index is 9.70. The van der Waals surface area contributed by atoms with E-state index in [0.717, 1.165) is 42.7 Å². The van der Waals surface area contributed by atoms with Crippen LogP contribution in [0.4, 0.5) is 5.82 Å². The van der Waals surface area contributed by atoms with Crippen molar-refractivity contribution in [2.75, 3.05) is 18.0 Å². The molecule has 0 spiro atoms. The fourth-order valence-corrected chi connectivity index (χ4v) is 2.71. The van der Waals surface area contributed by atoms with Crippen molar-refractivity contribution in [2.45, 2.75) is 45.3 Å². The van der Waals surface area contributed by atoms with Crippen LogP contribution in [0, 0.1) is 0 Å². The summed E-state index contributed by atoms with van der Waals surface area (Å²) >= 11 is 0. The van der Waals surface area contributed by atoms with Crippen molar-refractivity contribution in [1.82, 2.24) is 36.3 Å². The number of anilines is 1. The Hall–Kier alpha value is -2.11. The lowest BCUT2D eigenvalue weighted by Crippen LogP contribution is -2.55. The van der Waals surface area contributed by atoms with E-state index in [1.165, 1.54) is 0 Å². The molecule has 1 aliphatic rings. The van der Waals surface area contributed by atoms with Crippen molar-refractivity contribution in [3.63, 3.8) is 0 Å². The van der Waals surface area contributed by atoms with Crippen LogP contribution in [0.3, 0.4) is 0 Å². The van der Waals surface area contributed by atoms with Gasteiger partial charge < -0.3 is 4.90 Å². The maximum Gasteiger partial charge on any atom is 0.128 e. The Bertz CT molecular complexity index is 663. The molecule has 10 heteroatoms. The lowest BCUT2D eigenvalue weighted by molar-refractivity contribution is -0.292. The van der Waals surface area contributed by atoms with Crippen molar-refractivity contribution in [2.24, 2.45) is 0 Å². The highest BCUT2D eigenvalue weighted by Gasteiger charge is 2.22. The van der Waals surface area contributed by atoms with Gasteiger partial charge in [-0.2, -0.15) is 0 Å². The van der Waals surface area contributed by atoms with Gasteiger partial charge in [-0.05, 0) is 51.0 Å². The van der Waals surface area contributed by atoms with Crippen LogP contribution in [-0.2, 0) is 4.84 Å². The highest BCUT2D eigenvalue weighted by Crippen LogP contribution is 2.20. The minimum absolute atomic E-state index is 0.0251. The van der Waals surface area contributed by atoms with E-state index >= 15 is 0 Å². The predicted octanol–water partition coefficient (Wildman–Crippen LogP) is 1.06. The van der Waals surface area contributed by atoms with Gasteiger partial charge in [0, 0.05) is 18.6 Å². The summed E-state index contributed by atoms with van der Waals surface area (Å²) < 4.78 is 1.68. The normalized spacial score (nSPS) is 16.4. The molecule has 0 saturated carbocycles. The van der Waals surface area contributed by atoms with Gasteiger partial charge in [-0.25, -0.2) is 15.1 Å². The SMILES string of the molecule is CC(C)(C)NN(O)NOC1CCN(c2ccc(-n3ccnn3)cn2)CC1. The molecule has 1 saturated heterocycles. The molecule has 0 atom stereocenters. The monoisotopic (exact) mass is 362 g/mol. The number of rotatable bonds is 6. The van der Waals surface area contributed by atoms with Gasteiger partial charge in [0.25, 0.3) is 0 Å². The fourth-order valence-electron chi connectivity index (χ4n) is 2.71. The first-order valence-electron chi connectivity index (χ1n) is 8.66. The predicted molar refractivity (Wildman–Crippen MR) is 95.1 cm³/mol. The number of nitrogens with one attached hydrogen (secondary N) is 2. The molecule has 3 heterocycles. The van der Waals surface area contributed by atoms with Crippen molar-refractivity contribution in [3.8, 4) is 5.69 Å².